The molecule has 0 aliphatic rings. The Bertz CT molecular complexity index is 594. The molecule has 0 spiro atoms. The van der Waals surface area contributed by atoms with E-state index in [4.69, 9.17) is 16.3 Å². The average molecular weight is 276 g/mol. The van der Waals surface area contributed by atoms with E-state index >= 15 is 0 Å². The summed E-state index contributed by atoms with van der Waals surface area (Å²) in [6, 6.07) is 12.6. The van der Waals surface area contributed by atoms with Gasteiger partial charge in [0.25, 0.3) is 0 Å². The van der Waals surface area contributed by atoms with E-state index in [9.17, 15) is 4.79 Å². The van der Waals surface area contributed by atoms with Crippen LogP contribution in [0.2, 0.25) is 5.02 Å². The lowest BCUT2D eigenvalue weighted by atomic mass is 10.1. The zero-order valence-corrected chi connectivity index (χ0v) is 11.5. The number of Topliss-reactive ketones (excluding diaryl/α,β-unsaturated/α-hetero) is 1. The molecule has 19 heavy (non-hydrogen) atoms. The van der Waals surface area contributed by atoms with Gasteiger partial charge in [-0.15, -0.1) is 0 Å². The highest BCUT2D eigenvalue weighted by atomic mass is 35.5. The molecule has 2 rings (SSSR count). The number of methoxy groups -OCH3 is 1. The molecule has 0 unspecified atom stereocenters. The van der Waals surface area contributed by atoms with Crippen LogP contribution in [-0.4, -0.2) is 12.9 Å². The maximum atomic E-state index is 11.2. The van der Waals surface area contributed by atoms with Gasteiger partial charge < -0.3 is 10.1 Å². The fraction of sp³-hybridized carbons (Fsp3) is 0.133. The van der Waals surface area contributed by atoms with Gasteiger partial charge in [-0.3, -0.25) is 4.79 Å². The van der Waals surface area contributed by atoms with E-state index in [1.54, 1.807) is 44.4 Å². The molecule has 2 aromatic carbocycles. The first-order valence-corrected chi connectivity index (χ1v) is 6.19. The van der Waals surface area contributed by atoms with Gasteiger partial charge in [-0.2, -0.15) is 0 Å². The van der Waals surface area contributed by atoms with E-state index in [-0.39, 0.29) is 5.78 Å². The number of halogens is 1. The molecule has 0 radical (unpaired) electrons. The predicted molar refractivity (Wildman–Crippen MR) is 77.7 cm³/mol. The molecule has 4 heteroatoms. The van der Waals surface area contributed by atoms with Crippen molar-refractivity contribution in [2.24, 2.45) is 0 Å². The topological polar surface area (TPSA) is 38.3 Å². The molecule has 0 bridgehead atoms. The summed E-state index contributed by atoms with van der Waals surface area (Å²) >= 11 is 5.97. The van der Waals surface area contributed by atoms with Gasteiger partial charge in [0.15, 0.2) is 5.78 Å². The Labute approximate surface area is 117 Å². The average Bonchev–Trinajstić information content (AvgIpc) is 2.39. The monoisotopic (exact) mass is 275 g/mol. The number of nitrogens with one attached hydrogen (secondary N) is 1. The largest absolute Gasteiger partial charge is 0.495 e. The van der Waals surface area contributed by atoms with Crippen LogP contribution < -0.4 is 10.1 Å². The van der Waals surface area contributed by atoms with Gasteiger partial charge in [-0.05, 0) is 49.4 Å². The molecule has 0 saturated carbocycles. The van der Waals surface area contributed by atoms with Crippen molar-refractivity contribution in [2.75, 3.05) is 12.4 Å². The third kappa shape index (κ3) is 3.26. The number of carbonyl (C=O) groups is 1. The van der Waals surface area contributed by atoms with Gasteiger partial charge in [0, 0.05) is 16.3 Å². The van der Waals surface area contributed by atoms with E-state index in [2.05, 4.69) is 5.32 Å². The summed E-state index contributed by atoms with van der Waals surface area (Å²) in [7, 11) is 1.60. The molecular weight excluding hydrogens is 262 g/mol. The van der Waals surface area contributed by atoms with Crippen molar-refractivity contribution >= 4 is 28.8 Å². The maximum absolute atomic E-state index is 11.2. The number of benzene rings is 2. The molecular formula is C15H14ClNO2. The van der Waals surface area contributed by atoms with Crippen LogP contribution in [0.1, 0.15) is 17.3 Å². The lowest BCUT2D eigenvalue weighted by molar-refractivity contribution is 0.101. The summed E-state index contributed by atoms with van der Waals surface area (Å²) in [5, 5.41) is 3.84. The number of ketones is 1. The Hall–Kier alpha value is -2.00. The van der Waals surface area contributed by atoms with Crippen LogP contribution in [0.4, 0.5) is 11.4 Å². The second kappa shape index (κ2) is 5.76. The Morgan fingerprint density at radius 1 is 1.16 bits per heavy atom. The molecule has 3 nitrogen and oxygen atoms in total. The zero-order valence-electron chi connectivity index (χ0n) is 10.7. The predicted octanol–water partition coefficient (Wildman–Crippen LogP) is 4.29. The van der Waals surface area contributed by atoms with Crippen LogP contribution >= 0.6 is 11.6 Å². The van der Waals surface area contributed by atoms with Gasteiger partial charge in [0.1, 0.15) is 5.75 Å². The zero-order chi connectivity index (χ0) is 13.8. The number of hydrogen-bond donors (Lipinski definition) is 1. The van der Waals surface area contributed by atoms with Crippen molar-refractivity contribution in [1.82, 2.24) is 0 Å². The molecule has 0 aliphatic carbocycles. The van der Waals surface area contributed by atoms with Crippen molar-refractivity contribution in [3.63, 3.8) is 0 Å². The van der Waals surface area contributed by atoms with Gasteiger partial charge in [-0.1, -0.05) is 11.6 Å². The van der Waals surface area contributed by atoms with Gasteiger partial charge in [0.05, 0.1) is 12.8 Å². The van der Waals surface area contributed by atoms with Crippen molar-refractivity contribution in [3.05, 3.63) is 53.1 Å². The van der Waals surface area contributed by atoms with Crippen LogP contribution in [0.3, 0.4) is 0 Å². The SMILES string of the molecule is COc1ccc(Cl)cc1Nc1ccc(C(C)=O)cc1. The van der Waals surface area contributed by atoms with Crippen LogP contribution in [0, 0.1) is 0 Å². The summed E-state index contributed by atoms with van der Waals surface area (Å²) < 4.78 is 5.26. The van der Waals surface area contributed by atoms with Crippen molar-refractivity contribution in [3.8, 4) is 5.75 Å². The van der Waals surface area contributed by atoms with E-state index in [0.717, 1.165) is 11.4 Å². The molecule has 0 aliphatic heterocycles. The minimum absolute atomic E-state index is 0.0480. The molecule has 0 atom stereocenters. The standard InChI is InChI=1S/C15H14ClNO2/c1-10(18)11-3-6-13(7-4-11)17-14-9-12(16)5-8-15(14)19-2/h3-9,17H,1-2H3. The second-order valence-electron chi connectivity index (χ2n) is 4.10. The van der Waals surface area contributed by atoms with Crippen LogP contribution in [-0.2, 0) is 0 Å². The molecule has 0 heterocycles. The molecule has 1 N–H and O–H groups in total. The van der Waals surface area contributed by atoms with E-state index < -0.39 is 0 Å². The highest BCUT2D eigenvalue weighted by Gasteiger charge is 2.05. The lowest BCUT2D eigenvalue weighted by Crippen LogP contribution is -1.96. The van der Waals surface area contributed by atoms with Crippen LogP contribution in [0.25, 0.3) is 0 Å². The lowest BCUT2D eigenvalue weighted by Gasteiger charge is -2.11. The van der Waals surface area contributed by atoms with Crippen molar-refractivity contribution < 1.29 is 9.53 Å². The minimum Gasteiger partial charge on any atom is -0.495 e. The highest BCUT2D eigenvalue weighted by molar-refractivity contribution is 6.31. The summed E-state index contributed by atoms with van der Waals surface area (Å²) in [6.45, 7) is 1.54. The molecule has 2 aromatic rings. The normalized spacial score (nSPS) is 10.1. The quantitative estimate of drug-likeness (QED) is 0.846. The van der Waals surface area contributed by atoms with E-state index in [0.29, 0.717) is 16.3 Å². The Morgan fingerprint density at radius 3 is 2.42 bits per heavy atom. The highest BCUT2D eigenvalue weighted by Crippen LogP contribution is 2.30. The van der Waals surface area contributed by atoms with Crippen molar-refractivity contribution in [1.29, 1.82) is 0 Å². The van der Waals surface area contributed by atoms with E-state index in [1.807, 2.05) is 12.1 Å². The third-order valence-corrected chi connectivity index (χ3v) is 2.97. The first-order valence-electron chi connectivity index (χ1n) is 5.81. The minimum atomic E-state index is 0.0480. The van der Waals surface area contributed by atoms with Crippen molar-refractivity contribution in [2.45, 2.75) is 6.92 Å². The Balaban J connectivity index is 2.25. The molecule has 0 fully saturated rings. The second-order valence-corrected chi connectivity index (χ2v) is 4.54. The summed E-state index contributed by atoms with van der Waals surface area (Å²) in [6.07, 6.45) is 0. The fourth-order valence-corrected chi connectivity index (χ4v) is 1.89. The number of hydrogen-bond acceptors (Lipinski definition) is 3. The fourth-order valence-electron chi connectivity index (χ4n) is 1.72. The number of carbonyl (C=O) groups excluding carboxylic acids is 1. The van der Waals surface area contributed by atoms with Gasteiger partial charge in [-0.25, -0.2) is 0 Å². The molecule has 0 saturated heterocycles. The maximum Gasteiger partial charge on any atom is 0.159 e. The van der Waals surface area contributed by atoms with Gasteiger partial charge in [0.2, 0.25) is 0 Å². The van der Waals surface area contributed by atoms with E-state index in [1.165, 1.54) is 0 Å². The Morgan fingerprint density at radius 2 is 1.84 bits per heavy atom. The number of ether oxygens (including phenoxy) is 1. The molecule has 0 amide bonds. The smallest absolute Gasteiger partial charge is 0.159 e. The number of rotatable bonds is 4. The summed E-state index contributed by atoms with van der Waals surface area (Å²) in [4.78, 5) is 11.2. The van der Waals surface area contributed by atoms with Gasteiger partial charge >= 0.3 is 0 Å². The molecule has 98 valence electrons. The van der Waals surface area contributed by atoms with Crippen LogP contribution in [0.15, 0.2) is 42.5 Å². The third-order valence-electron chi connectivity index (χ3n) is 2.73. The molecule has 0 aromatic heterocycles. The first kappa shape index (κ1) is 13.4. The summed E-state index contributed by atoms with van der Waals surface area (Å²) in [5.41, 5.74) is 2.33. The number of anilines is 2. The first-order chi connectivity index (χ1) is 9.10. The van der Waals surface area contributed by atoms with Crippen LogP contribution in [0.5, 0.6) is 5.75 Å². The summed E-state index contributed by atoms with van der Waals surface area (Å²) in [5.74, 6) is 0.756. The Kier molecular flexibility index (Phi) is 4.07.